The summed E-state index contributed by atoms with van der Waals surface area (Å²) >= 11 is 12.9. The molecule has 1 unspecified atom stereocenters. The Bertz CT molecular complexity index is 1260. The van der Waals surface area contributed by atoms with E-state index in [9.17, 15) is 14.4 Å². The Morgan fingerprint density at radius 2 is 1.89 bits per heavy atom. The summed E-state index contributed by atoms with van der Waals surface area (Å²) in [5.41, 5.74) is 2.98. The highest BCUT2D eigenvalue weighted by Crippen LogP contribution is 2.37. The van der Waals surface area contributed by atoms with Gasteiger partial charge in [-0.3, -0.25) is 24.5 Å². The fourth-order valence-corrected chi connectivity index (χ4v) is 4.69. The molecule has 184 valence electrons. The summed E-state index contributed by atoms with van der Waals surface area (Å²) < 4.78 is 0. The molecule has 2 heterocycles. The van der Waals surface area contributed by atoms with Crippen LogP contribution in [0.1, 0.15) is 49.3 Å². The first kappa shape index (κ1) is 26.2. The van der Waals surface area contributed by atoms with Gasteiger partial charge in [0.1, 0.15) is 0 Å². The Morgan fingerprint density at radius 1 is 1.23 bits per heavy atom. The number of carbonyl (C=O) groups excluding carboxylic acids is 3. The van der Waals surface area contributed by atoms with Gasteiger partial charge in [-0.15, -0.1) is 0 Å². The number of benzene rings is 2. The Morgan fingerprint density at radius 3 is 2.51 bits per heavy atom. The topological polar surface area (TPSA) is 141 Å². The molecule has 1 atom stereocenters. The maximum Gasteiger partial charge on any atom is 0.290 e. The number of halogens is 2. The molecule has 1 fully saturated rings. The molecule has 2 aromatic carbocycles. The summed E-state index contributed by atoms with van der Waals surface area (Å²) in [5.74, 6) is -1.44. The molecule has 1 saturated heterocycles. The van der Waals surface area contributed by atoms with Crippen LogP contribution < -0.4 is 10.6 Å². The van der Waals surface area contributed by atoms with E-state index >= 15 is 0 Å². The van der Waals surface area contributed by atoms with Crippen LogP contribution in [0.5, 0.6) is 0 Å². The van der Waals surface area contributed by atoms with E-state index in [0.717, 1.165) is 16.6 Å². The minimum absolute atomic E-state index is 0.158. The zero-order valence-electron chi connectivity index (χ0n) is 19.0. The van der Waals surface area contributed by atoms with Gasteiger partial charge < -0.3 is 15.4 Å². The number of carboxylic acid groups (broad SMARTS) is 1. The lowest BCUT2D eigenvalue weighted by atomic mass is 9.83. The van der Waals surface area contributed by atoms with Crippen molar-refractivity contribution in [3.8, 4) is 0 Å². The molecule has 35 heavy (non-hydrogen) atoms. The zero-order chi connectivity index (χ0) is 25.8. The van der Waals surface area contributed by atoms with Gasteiger partial charge in [0.2, 0.25) is 17.7 Å². The van der Waals surface area contributed by atoms with Crippen LogP contribution in [0.2, 0.25) is 10.0 Å². The molecule has 3 amide bonds. The molecule has 1 aromatic heterocycles. The minimum Gasteiger partial charge on any atom is -0.483 e. The van der Waals surface area contributed by atoms with Gasteiger partial charge in [-0.05, 0) is 55.7 Å². The first-order chi connectivity index (χ1) is 16.6. The molecule has 0 saturated carbocycles. The van der Waals surface area contributed by atoms with E-state index in [-0.39, 0.29) is 31.3 Å². The van der Waals surface area contributed by atoms with Crippen molar-refractivity contribution in [2.24, 2.45) is 0 Å². The highest BCUT2D eigenvalue weighted by Gasteiger charge is 2.32. The van der Waals surface area contributed by atoms with Crippen molar-refractivity contribution in [3.05, 3.63) is 63.4 Å². The quantitative estimate of drug-likeness (QED) is 0.299. The van der Waals surface area contributed by atoms with E-state index < -0.39 is 17.2 Å². The second-order valence-electron chi connectivity index (χ2n) is 8.52. The number of imide groups is 1. The summed E-state index contributed by atoms with van der Waals surface area (Å²) in [6, 6.07) is 9.08. The largest absolute Gasteiger partial charge is 0.483 e. The molecule has 0 radical (unpaired) electrons. The summed E-state index contributed by atoms with van der Waals surface area (Å²) in [4.78, 5) is 52.3. The van der Waals surface area contributed by atoms with Crippen molar-refractivity contribution in [3.63, 3.8) is 0 Å². The number of nitrogens with zero attached hydrogens (tertiary/aromatic N) is 1. The van der Waals surface area contributed by atoms with Crippen molar-refractivity contribution >= 4 is 58.4 Å². The molecule has 4 N–H and O–H groups in total. The molecule has 4 rings (SSSR count). The summed E-state index contributed by atoms with van der Waals surface area (Å²) in [7, 11) is 0. The molecule has 0 spiro atoms. The number of rotatable bonds is 5. The standard InChI is InChI=1S/C23H22Cl2N4O3.CH2O2/c1-23(2,13-3-5-17-18(9-13)28-11-27-17)22(32)26-10-12-7-15(24)20(16(25)8-12)14-4-6-19(30)29-21(14)31;2-1-3/h3,5,7-9,11,14H,4,6,10H2,1-2H3,(H,26,32)(H,27,28)(H,29,30,31);1H,(H,2,3). The Balaban J connectivity index is 0.00000108. The number of fused-ring (bicyclic) bond motifs is 1. The number of piperidine rings is 1. The monoisotopic (exact) mass is 518 g/mol. The smallest absolute Gasteiger partial charge is 0.290 e. The Kier molecular flexibility index (Phi) is 8.14. The van der Waals surface area contributed by atoms with Gasteiger partial charge in [0, 0.05) is 28.6 Å². The lowest BCUT2D eigenvalue weighted by Crippen LogP contribution is -2.40. The normalized spacial score (nSPS) is 15.7. The number of hydrogen-bond donors (Lipinski definition) is 4. The molecule has 1 aliphatic rings. The van der Waals surface area contributed by atoms with Gasteiger partial charge in [0.15, 0.2) is 0 Å². The molecule has 1 aliphatic heterocycles. The lowest BCUT2D eigenvalue weighted by molar-refractivity contribution is -0.134. The number of aromatic nitrogens is 2. The van der Waals surface area contributed by atoms with E-state index in [1.807, 2.05) is 32.0 Å². The average molecular weight is 519 g/mol. The van der Waals surface area contributed by atoms with Crippen LogP contribution in [-0.4, -0.2) is 39.3 Å². The predicted octanol–water partition coefficient (Wildman–Crippen LogP) is 3.68. The molecule has 0 aliphatic carbocycles. The Hall–Kier alpha value is -3.43. The van der Waals surface area contributed by atoms with Crippen LogP contribution >= 0.6 is 23.2 Å². The van der Waals surface area contributed by atoms with Crippen LogP contribution in [0.3, 0.4) is 0 Å². The fourth-order valence-electron chi connectivity index (χ4n) is 3.90. The van der Waals surface area contributed by atoms with E-state index in [1.165, 1.54) is 0 Å². The van der Waals surface area contributed by atoms with Crippen molar-refractivity contribution in [1.82, 2.24) is 20.6 Å². The van der Waals surface area contributed by atoms with Crippen LogP contribution in [0.25, 0.3) is 11.0 Å². The SMILES string of the molecule is CC(C)(C(=O)NCc1cc(Cl)c(C2CCC(=O)NC2=O)c(Cl)c1)c1ccc2[nH]cnc2c1.O=CO. The number of hydrogen-bond acceptors (Lipinski definition) is 5. The third-order valence-corrected chi connectivity index (χ3v) is 6.52. The van der Waals surface area contributed by atoms with Crippen molar-refractivity contribution in [2.75, 3.05) is 0 Å². The van der Waals surface area contributed by atoms with E-state index in [1.54, 1.807) is 18.5 Å². The van der Waals surface area contributed by atoms with Crippen molar-refractivity contribution < 1.29 is 24.3 Å². The van der Waals surface area contributed by atoms with E-state index in [0.29, 0.717) is 27.6 Å². The maximum atomic E-state index is 13.0. The molecule has 9 nitrogen and oxygen atoms in total. The number of imidazole rings is 1. The minimum atomic E-state index is -0.784. The second kappa shape index (κ2) is 10.9. The fraction of sp³-hybridized carbons (Fsp3) is 0.292. The third-order valence-electron chi connectivity index (χ3n) is 5.89. The number of H-pyrrole nitrogens is 1. The van der Waals surface area contributed by atoms with Gasteiger partial charge in [0.05, 0.1) is 28.7 Å². The zero-order valence-corrected chi connectivity index (χ0v) is 20.5. The van der Waals surface area contributed by atoms with Gasteiger partial charge in [-0.1, -0.05) is 29.3 Å². The molecule has 3 aromatic rings. The van der Waals surface area contributed by atoms with E-state index in [4.69, 9.17) is 33.1 Å². The van der Waals surface area contributed by atoms with Crippen LogP contribution in [-0.2, 0) is 31.1 Å². The van der Waals surface area contributed by atoms with Crippen molar-refractivity contribution in [2.45, 2.75) is 44.6 Å². The number of aromatic amines is 1. The third kappa shape index (κ3) is 5.80. The second-order valence-corrected chi connectivity index (χ2v) is 9.34. The lowest BCUT2D eigenvalue weighted by Gasteiger charge is -2.25. The van der Waals surface area contributed by atoms with E-state index in [2.05, 4.69) is 20.6 Å². The summed E-state index contributed by atoms with van der Waals surface area (Å²) in [6.07, 6.45) is 2.21. The first-order valence-corrected chi connectivity index (χ1v) is 11.4. The van der Waals surface area contributed by atoms with Gasteiger partial charge in [0.25, 0.3) is 6.47 Å². The molecule has 0 bridgehead atoms. The van der Waals surface area contributed by atoms with Crippen LogP contribution in [0.4, 0.5) is 0 Å². The maximum absolute atomic E-state index is 13.0. The first-order valence-electron chi connectivity index (χ1n) is 10.7. The van der Waals surface area contributed by atoms with Crippen LogP contribution in [0.15, 0.2) is 36.7 Å². The van der Waals surface area contributed by atoms with Crippen LogP contribution in [0, 0.1) is 0 Å². The summed E-state index contributed by atoms with van der Waals surface area (Å²) in [6.45, 7) is 3.67. The summed E-state index contributed by atoms with van der Waals surface area (Å²) in [5, 5.41) is 12.8. The van der Waals surface area contributed by atoms with Gasteiger partial charge >= 0.3 is 0 Å². The molecular weight excluding hydrogens is 495 g/mol. The van der Waals surface area contributed by atoms with Gasteiger partial charge in [-0.25, -0.2) is 4.98 Å². The highest BCUT2D eigenvalue weighted by atomic mass is 35.5. The highest BCUT2D eigenvalue weighted by molar-refractivity contribution is 6.36. The predicted molar refractivity (Wildman–Crippen MR) is 131 cm³/mol. The Labute approximate surface area is 211 Å². The number of amides is 3. The number of nitrogens with one attached hydrogen (secondary N) is 3. The average Bonchev–Trinajstić information content (AvgIpc) is 3.27. The van der Waals surface area contributed by atoms with Gasteiger partial charge in [-0.2, -0.15) is 0 Å². The van der Waals surface area contributed by atoms with Crippen molar-refractivity contribution in [1.29, 1.82) is 0 Å². The number of carbonyl (C=O) groups is 4. The molecular formula is C24H24Cl2N4O5. The molecule has 11 heteroatoms.